The third kappa shape index (κ3) is 1.39. The highest BCUT2D eigenvalue weighted by Gasteiger charge is 2.27. The highest BCUT2D eigenvalue weighted by Crippen LogP contribution is 2.24. The Kier molecular flexibility index (Phi) is 2.04. The van der Waals surface area contributed by atoms with Crippen LogP contribution >= 0.6 is 0 Å². The van der Waals surface area contributed by atoms with E-state index in [1.54, 1.807) is 11.0 Å². The van der Waals surface area contributed by atoms with E-state index in [1.165, 1.54) is 0 Å². The second-order valence-corrected chi connectivity index (χ2v) is 3.52. The van der Waals surface area contributed by atoms with Crippen LogP contribution in [0.1, 0.15) is 6.92 Å². The number of benzene rings is 1. The van der Waals surface area contributed by atoms with Crippen LogP contribution in [0.2, 0.25) is 0 Å². The number of amides is 2. The molecule has 2 rings (SSSR count). The van der Waals surface area contributed by atoms with Gasteiger partial charge in [-0.15, -0.1) is 0 Å². The Labute approximate surface area is 82.7 Å². The first-order valence-corrected chi connectivity index (χ1v) is 4.61. The van der Waals surface area contributed by atoms with Gasteiger partial charge in [-0.2, -0.15) is 0 Å². The van der Waals surface area contributed by atoms with Gasteiger partial charge < -0.3 is 11.1 Å². The number of carbonyl (C=O) groups is 1. The molecule has 3 N–H and O–H groups in total. The lowest BCUT2D eigenvalue weighted by Crippen LogP contribution is -2.28. The van der Waals surface area contributed by atoms with Gasteiger partial charge in [-0.1, -0.05) is 12.1 Å². The van der Waals surface area contributed by atoms with Crippen LogP contribution in [0.25, 0.3) is 0 Å². The van der Waals surface area contributed by atoms with Gasteiger partial charge in [-0.25, -0.2) is 4.79 Å². The molecule has 0 spiro atoms. The van der Waals surface area contributed by atoms with Gasteiger partial charge in [0.25, 0.3) is 0 Å². The van der Waals surface area contributed by atoms with Gasteiger partial charge in [-0.05, 0) is 19.1 Å². The lowest BCUT2D eigenvalue weighted by Gasteiger charge is -2.16. The van der Waals surface area contributed by atoms with Crippen molar-refractivity contribution >= 4 is 17.4 Å². The Morgan fingerprint density at radius 3 is 2.79 bits per heavy atom. The molecule has 1 unspecified atom stereocenters. The summed E-state index contributed by atoms with van der Waals surface area (Å²) in [6.07, 6.45) is 0. The predicted octanol–water partition coefficient (Wildman–Crippen LogP) is 1.19. The van der Waals surface area contributed by atoms with Crippen LogP contribution in [0.4, 0.5) is 16.2 Å². The molecule has 1 aliphatic rings. The predicted molar refractivity (Wildman–Crippen MR) is 56.2 cm³/mol. The summed E-state index contributed by atoms with van der Waals surface area (Å²) < 4.78 is 0. The third-order valence-corrected chi connectivity index (χ3v) is 2.30. The Hall–Kier alpha value is -1.71. The van der Waals surface area contributed by atoms with Crippen molar-refractivity contribution < 1.29 is 4.79 Å². The first-order chi connectivity index (χ1) is 6.68. The van der Waals surface area contributed by atoms with E-state index in [0.29, 0.717) is 12.2 Å². The number of nitrogens with two attached hydrogens (primary N) is 1. The molecule has 0 aromatic heterocycles. The molecule has 1 aromatic carbocycles. The number of para-hydroxylation sites is 2. The molecule has 4 nitrogen and oxygen atoms in total. The van der Waals surface area contributed by atoms with Gasteiger partial charge in [0, 0.05) is 12.6 Å². The van der Waals surface area contributed by atoms with Crippen LogP contribution in [-0.4, -0.2) is 18.6 Å². The number of nitrogens with zero attached hydrogens (tertiary/aromatic N) is 1. The largest absolute Gasteiger partial charge is 0.397 e. The molecular weight excluding hydrogens is 178 g/mol. The molecule has 1 aromatic rings. The zero-order valence-electron chi connectivity index (χ0n) is 8.03. The summed E-state index contributed by atoms with van der Waals surface area (Å²) in [6, 6.07) is 7.49. The Balaban J connectivity index is 2.32. The number of nitrogens with one attached hydrogen (secondary N) is 1. The van der Waals surface area contributed by atoms with Gasteiger partial charge in [0.1, 0.15) is 0 Å². The third-order valence-electron chi connectivity index (χ3n) is 2.30. The molecule has 0 aliphatic carbocycles. The Bertz CT molecular complexity index is 364. The van der Waals surface area contributed by atoms with Crippen molar-refractivity contribution in [3.63, 3.8) is 0 Å². The van der Waals surface area contributed by atoms with E-state index in [1.807, 2.05) is 25.1 Å². The standard InChI is InChI=1S/C10H13N3O/c1-7-6-13(10(14)12-7)9-5-3-2-4-8(9)11/h2-5,7H,6,11H2,1H3,(H,12,14). The second-order valence-electron chi connectivity index (χ2n) is 3.52. The fraction of sp³-hybridized carbons (Fsp3) is 0.300. The molecule has 1 aliphatic heterocycles. The van der Waals surface area contributed by atoms with Crippen molar-refractivity contribution in [1.82, 2.24) is 5.32 Å². The van der Waals surface area contributed by atoms with E-state index in [9.17, 15) is 4.79 Å². The molecule has 1 saturated heterocycles. The zero-order valence-corrected chi connectivity index (χ0v) is 8.03. The summed E-state index contributed by atoms with van der Waals surface area (Å²) in [7, 11) is 0. The van der Waals surface area contributed by atoms with Crippen molar-refractivity contribution in [2.45, 2.75) is 13.0 Å². The fourth-order valence-corrected chi connectivity index (χ4v) is 1.63. The summed E-state index contributed by atoms with van der Waals surface area (Å²) >= 11 is 0. The van der Waals surface area contributed by atoms with Crippen LogP contribution in [0.5, 0.6) is 0 Å². The van der Waals surface area contributed by atoms with Crippen molar-refractivity contribution in [1.29, 1.82) is 0 Å². The molecule has 1 fully saturated rings. The summed E-state index contributed by atoms with van der Waals surface area (Å²) in [5, 5.41) is 2.82. The smallest absolute Gasteiger partial charge is 0.322 e. The molecule has 0 bridgehead atoms. The molecule has 1 atom stereocenters. The summed E-state index contributed by atoms with van der Waals surface area (Å²) in [4.78, 5) is 13.2. The number of urea groups is 1. The number of hydrogen-bond acceptors (Lipinski definition) is 2. The summed E-state index contributed by atoms with van der Waals surface area (Å²) in [5.74, 6) is 0. The molecule has 0 saturated carbocycles. The van der Waals surface area contributed by atoms with Crippen LogP contribution in [0.15, 0.2) is 24.3 Å². The number of carbonyl (C=O) groups excluding carboxylic acids is 1. The topological polar surface area (TPSA) is 58.4 Å². The lowest BCUT2D eigenvalue weighted by atomic mass is 10.2. The Morgan fingerprint density at radius 1 is 1.50 bits per heavy atom. The Morgan fingerprint density at radius 2 is 2.21 bits per heavy atom. The highest BCUT2D eigenvalue weighted by molar-refractivity contribution is 5.97. The first kappa shape index (κ1) is 8.87. The van der Waals surface area contributed by atoms with E-state index in [0.717, 1.165) is 5.69 Å². The van der Waals surface area contributed by atoms with Gasteiger partial charge in [0.05, 0.1) is 11.4 Å². The average molecular weight is 191 g/mol. The minimum Gasteiger partial charge on any atom is -0.397 e. The van der Waals surface area contributed by atoms with Crippen LogP contribution in [0.3, 0.4) is 0 Å². The summed E-state index contributed by atoms with van der Waals surface area (Å²) in [5.41, 5.74) is 7.21. The molecule has 1 heterocycles. The highest BCUT2D eigenvalue weighted by atomic mass is 16.2. The zero-order chi connectivity index (χ0) is 10.1. The van der Waals surface area contributed by atoms with Gasteiger partial charge in [0.15, 0.2) is 0 Å². The first-order valence-electron chi connectivity index (χ1n) is 4.61. The molecule has 4 heteroatoms. The minimum absolute atomic E-state index is 0.0737. The molecule has 74 valence electrons. The maximum Gasteiger partial charge on any atom is 0.322 e. The number of nitrogen functional groups attached to an aromatic ring is 1. The quantitative estimate of drug-likeness (QED) is 0.655. The molecular formula is C10H13N3O. The van der Waals surface area contributed by atoms with E-state index in [4.69, 9.17) is 5.73 Å². The van der Waals surface area contributed by atoms with Crippen molar-refractivity contribution in [3.05, 3.63) is 24.3 Å². The fourth-order valence-electron chi connectivity index (χ4n) is 1.63. The van der Waals surface area contributed by atoms with Gasteiger partial charge >= 0.3 is 6.03 Å². The molecule has 0 radical (unpaired) electrons. The maximum absolute atomic E-state index is 11.5. The second kappa shape index (κ2) is 3.21. The lowest BCUT2D eigenvalue weighted by molar-refractivity contribution is 0.251. The molecule has 14 heavy (non-hydrogen) atoms. The SMILES string of the molecule is CC1CN(c2ccccc2N)C(=O)N1. The van der Waals surface area contributed by atoms with Crippen molar-refractivity contribution in [2.75, 3.05) is 17.2 Å². The van der Waals surface area contributed by atoms with E-state index in [2.05, 4.69) is 5.32 Å². The van der Waals surface area contributed by atoms with E-state index < -0.39 is 0 Å². The summed E-state index contributed by atoms with van der Waals surface area (Å²) in [6.45, 7) is 2.64. The number of hydrogen-bond donors (Lipinski definition) is 2. The van der Waals surface area contributed by atoms with Crippen molar-refractivity contribution in [3.8, 4) is 0 Å². The van der Waals surface area contributed by atoms with Gasteiger partial charge in [-0.3, -0.25) is 4.90 Å². The number of rotatable bonds is 1. The van der Waals surface area contributed by atoms with Crippen molar-refractivity contribution in [2.24, 2.45) is 0 Å². The average Bonchev–Trinajstić information content (AvgIpc) is 2.46. The van der Waals surface area contributed by atoms with Crippen LogP contribution in [-0.2, 0) is 0 Å². The maximum atomic E-state index is 11.5. The van der Waals surface area contributed by atoms with Crippen LogP contribution in [0, 0.1) is 0 Å². The van der Waals surface area contributed by atoms with Gasteiger partial charge in [0.2, 0.25) is 0 Å². The minimum atomic E-state index is -0.0737. The normalized spacial score (nSPS) is 21.1. The number of anilines is 2. The van der Waals surface area contributed by atoms with E-state index >= 15 is 0 Å². The monoisotopic (exact) mass is 191 g/mol. The van der Waals surface area contributed by atoms with E-state index in [-0.39, 0.29) is 12.1 Å². The van der Waals surface area contributed by atoms with Crippen LogP contribution < -0.4 is 16.0 Å². The molecule has 2 amide bonds.